The minimum Gasteiger partial charge on any atom is -0.391 e. The summed E-state index contributed by atoms with van der Waals surface area (Å²) in [5.41, 5.74) is 0. The summed E-state index contributed by atoms with van der Waals surface area (Å²) in [5, 5.41) is 9.39. The lowest BCUT2D eigenvalue weighted by Crippen LogP contribution is -2.34. The van der Waals surface area contributed by atoms with Gasteiger partial charge in [0, 0.05) is 19.0 Å². The van der Waals surface area contributed by atoms with E-state index in [0.717, 1.165) is 38.6 Å². The third-order valence-electron chi connectivity index (χ3n) is 3.22. The predicted octanol–water partition coefficient (Wildman–Crippen LogP) is 1.80. The Labute approximate surface area is 92.5 Å². The highest BCUT2D eigenvalue weighted by molar-refractivity contribution is 5.79. The molecule has 1 N–H and O–H groups in total. The van der Waals surface area contributed by atoms with Crippen molar-refractivity contribution in [1.82, 2.24) is 4.90 Å². The van der Waals surface area contributed by atoms with E-state index in [1.807, 2.05) is 4.90 Å². The summed E-state index contributed by atoms with van der Waals surface area (Å²) < 4.78 is 0. The van der Waals surface area contributed by atoms with Gasteiger partial charge >= 0.3 is 0 Å². The van der Waals surface area contributed by atoms with Crippen molar-refractivity contribution in [3.8, 4) is 0 Å². The van der Waals surface area contributed by atoms with Crippen LogP contribution in [0.15, 0.2) is 0 Å². The molecule has 1 aliphatic heterocycles. The second-order valence-corrected chi connectivity index (χ2v) is 4.47. The molecule has 15 heavy (non-hydrogen) atoms. The quantitative estimate of drug-likeness (QED) is 0.756. The van der Waals surface area contributed by atoms with Gasteiger partial charge in [-0.05, 0) is 19.3 Å². The first-order valence-corrected chi connectivity index (χ1v) is 6.15. The average molecular weight is 213 g/mol. The van der Waals surface area contributed by atoms with Crippen molar-refractivity contribution in [2.24, 2.45) is 5.92 Å². The molecule has 0 radical (unpaired) electrons. The second-order valence-electron chi connectivity index (χ2n) is 4.47. The number of hydrogen-bond donors (Lipinski definition) is 1. The zero-order valence-electron chi connectivity index (χ0n) is 9.91. The van der Waals surface area contributed by atoms with E-state index >= 15 is 0 Å². The number of likely N-dealkylation sites (tertiary alicyclic amines) is 1. The van der Waals surface area contributed by atoms with Crippen LogP contribution in [0.1, 0.15) is 46.0 Å². The summed E-state index contributed by atoms with van der Waals surface area (Å²) >= 11 is 0. The van der Waals surface area contributed by atoms with Gasteiger partial charge in [0.25, 0.3) is 0 Å². The second kappa shape index (κ2) is 6.11. The molecule has 1 aliphatic rings. The van der Waals surface area contributed by atoms with E-state index in [0.29, 0.717) is 6.54 Å². The first-order valence-electron chi connectivity index (χ1n) is 6.15. The maximum absolute atomic E-state index is 12.0. The molecule has 0 aromatic carbocycles. The first kappa shape index (κ1) is 12.5. The van der Waals surface area contributed by atoms with Gasteiger partial charge in [-0.2, -0.15) is 0 Å². The maximum atomic E-state index is 12.0. The zero-order valence-corrected chi connectivity index (χ0v) is 9.91. The van der Waals surface area contributed by atoms with Crippen LogP contribution in [0.4, 0.5) is 0 Å². The Morgan fingerprint density at radius 3 is 2.73 bits per heavy atom. The summed E-state index contributed by atoms with van der Waals surface area (Å²) in [7, 11) is 0. The molecular weight excluding hydrogens is 190 g/mol. The lowest BCUT2D eigenvalue weighted by Gasteiger charge is -2.22. The number of carbonyl (C=O) groups is 1. The number of nitrogens with zero attached hydrogens (tertiary/aromatic N) is 1. The Kier molecular flexibility index (Phi) is 5.09. The van der Waals surface area contributed by atoms with Crippen LogP contribution in [0.25, 0.3) is 0 Å². The molecule has 1 saturated heterocycles. The molecule has 3 nitrogen and oxygen atoms in total. The molecule has 1 rings (SSSR count). The third kappa shape index (κ3) is 3.49. The Morgan fingerprint density at radius 1 is 1.53 bits per heavy atom. The Balaban J connectivity index is 2.42. The largest absolute Gasteiger partial charge is 0.391 e. The van der Waals surface area contributed by atoms with Gasteiger partial charge in [0.05, 0.1) is 6.10 Å². The summed E-state index contributed by atoms with van der Waals surface area (Å²) in [4.78, 5) is 13.9. The van der Waals surface area contributed by atoms with Crippen LogP contribution in [-0.2, 0) is 4.79 Å². The fourth-order valence-corrected chi connectivity index (χ4v) is 2.15. The number of hydrogen-bond acceptors (Lipinski definition) is 2. The van der Waals surface area contributed by atoms with Crippen LogP contribution in [0.2, 0.25) is 0 Å². The highest BCUT2D eigenvalue weighted by Gasteiger charge is 2.28. The first-order chi connectivity index (χ1) is 7.19. The molecule has 0 aliphatic carbocycles. The maximum Gasteiger partial charge on any atom is 0.225 e. The van der Waals surface area contributed by atoms with Crippen molar-refractivity contribution >= 4 is 5.91 Å². The van der Waals surface area contributed by atoms with Gasteiger partial charge in [-0.1, -0.05) is 26.7 Å². The highest BCUT2D eigenvalue weighted by Crippen LogP contribution is 2.19. The number of amides is 1. The van der Waals surface area contributed by atoms with Crippen molar-refractivity contribution in [2.45, 2.75) is 52.1 Å². The van der Waals surface area contributed by atoms with Crippen molar-refractivity contribution in [3.63, 3.8) is 0 Å². The molecule has 2 atom stereocenters. The fourth-order valence-electron chi connectivity index (χ4n) is 2.15. The Bertz CT molecular complexity index is 206. The van der Waals surface area contributed by atoms with Crippen LogP contribution in [0.5, 0.6) is 0 Å². The SMILES string of the molecule is CCCC[C@@H](CC)C(=O)N1CC[C@H](O)C1. The van der Waals surface area contributed by atoms with Crippen molar-refractivity contribution in [2.75, 3.05) is 13.1 Å². The zero-order chi connectivity index (χ0) is 11.3. The molecule has 88 valence electrons. The molecule has 0 unspecified atom stereocenters. The van der Waals surface area contributed by atoms with Crippen LogP contribution in [-0.4, -0.2) is 35.1 Å². The number of rotatable bonds is 5. The van der Waals surface area contributed by atoms with E-state index in [-0.39, 0.29) is 17.9 Å². The molecule has 0 saturated carbocycles. The third-order valence-corrected chi connectivity index (χ3v) is 3.22. The van der Waals surface area contributed by atoms with Gasteiger partial charge in [-0.15, -0.1) is 0 Å². The molecule has 0 aromatic rings. The summed E-state index contributed by atoms with van der Waals surface area (Å²) in [6, 6.07) is 0. The van der Waals surface area contributed by atoms with Crippen molar-refractivity contribution < 1.29 is 9.90 Å². The number of aliphatic hydroxyl groups excluding tert-OH is 1. The number of aliphatic hydroxyl groups is 1. The monoisotopic (exact) mass is 213 g/mol. The predicted molar refractivity (Wildman–Crippen MR) is 60.5 cm³/mol. The van der Waals surface area contributed by atoms with E-state index in [2.05, 4.69) is 13.8 Å². The molecule has 1 fully saturated rings. The molecule has 3 heteroatoms. The highest BCUT2D eigenvalue weighted by atomic mass is 16.3. The number of β-amino-alcohol motifs (C(OH)–C–C–N with tert-alkyl or cyclic N) is 1. The van der Waals surface area contributed by atoms with Crippen LogP contribution < -0.4 is 0 Å². The molecule has 0 spiro atoms. The summed E-state index contributed by atoms with van der Waals surface area (Å²) in [6.45, 7) is 5.51. The van der Waals surface area contributed by atoms with E-state index in [1.54, 1.807) is 0 Å². The van der Waals surface area contributed by atoms with Gasteiger partial charge < -0.3 is 10.0 Å². The lowest BCUT2D eigenvalue weighted by atomic mass is 9.98. The van der Waals surface area contributed by atoms with Crippen molar-refractivity contribution in [1.29, 1.82) is 0 Å². The normalized spacial score (nSPS) is 23.1. The van der Waals surface area contributed by atoms with Crippen molar-refractivity contribution in [3.05, 3.63) is 0 Å². The smallest absolute Gasteiger partial charge is 0.225 e. The van der Waals surface area contributed by atoms with Gasteiger partial charge in [-0.25, -0.2) is 0 Å². The van der Waals surface area contributed by atoms with Gasteiger partial charge in [0.1, 0.15) is 0 Å². The standard InChI is InChI=1S/C12H23NO2/c1-3-5-6-10(4-2)12(15)13-8-7-11(14)9-13/h10-11,14H,3-9H2,1-2H3/t10-,11+/m1/s1. The lowest BCUT2D eigenvalue weighted by molar-refractivity contribution is -0.135. The van der Waals surface area contributed by atoms with Crippen LogP contribution >= 0.6 is 0 Å². The molecule has 1 amide bonds. The molecule has 1 heterocycles. The topological polar surface area (TPSA) is 40.5 Å². The van der Waals surface area contributed by atoms with E-state index in [4.69, 9.17) is 0 Å². The Morgan fingerprint density at radius 2 is 2.27 bits per heavy atom. The average Bonchev–Trinajstić information content (AvgIpc) is 2.65. The van der Waals surface area contributed by atoms with E-state index in [9.17, 15) is 9.90 Å². The molecule has 0 aromatic heterocycles. The minimum atomic E-state index is -0.294. The fraction of sp³-hybridized carbons (Fsp3) is 0.917. The molecule has 0 bridgehead atoms. The van der Waals surface area contributed by atoms with Gasteiger partial charge in [-0.3, -0.25) is 4.79 Å². The molecular formula is C12H23NO2. The summed E-state index contributed by atoms with van der Waals surface area (Å²) in [6.07, 6.45) is 4.64. The summed E-state index contributed by atoms with van der Waals surface area (Å²) in [5.74, 6) is 0.428. The van der Waals surface area contributed by atoms with Gasteiger partial charge in [0.15, 0.2) is 0 Å². The number of carbonyl (C=O) groups excluding carboxylic acids is 1. The van der Waals surface area contributed by atoms with E-state index in [1.165, 1.54) is 0 Å². The van der Waals surface area contributed by atoms with Gasteiger partial charge in [0.2, 0.25) is 5.91 Å². The minimum absolute atomic E-state index is 0.176. The van der Waals surface area contributed by atoms with Crippen LogP contribution in [0, 0.1) is 5.92 Å². The van der Waals surface area contributed by atoms with Crippen LogP contribution in [0.3, 0.4) is 0 Å². The Hall–Kier alpha value is -0.570. The number of unbranched alkanes of at least 4 members (excludes halogenated alkanes) is 1. The van der Waals surface area contributed by atoms with E-state index < -0.39 is 0 Å².